The first-order valence-electron chi connectivity index (χ1n) is 12.0. The summed E-state index contributed by atoms with van der Waals surface area (Å²) in [4.78, 5) is 40.1. The number of carbonyl (C=O) groups excluding carboxylic acids is 3. The predicted octanol–water partition coefficient (Wildman–Crippen LogP) is 3.85. The van der Waals surface area contributed by atoms with Gasteiger partial charge in [-0.25, -0.2) is 9.78 Å². The first-order chi connectivity index (χ1) is 16.6. The van der Waals surface area contributed by atoms with Gasteiger partial charge < -0.3 is 25.8 Å². The van der Waals surface area contributed by atoms with Crippen molar-refractivity contribution in [1.82, 2.24) is 9.88 Å². The number of pyridine rings is 1. The molecule has 4 atom stereocenters. The first-order valence-corrected chi connectivity index (χ1v) is 12.6. The number of likely N-dealkylation sites (tertiary alicyclic amines) is 1. The van der Waals surface area contributed by atoms with Crippen LogP contribution in [0.15, 0.2) is 12.1 Å². The van der Waals surface area contributed by atoms with Crippen molar-refractivity contribution in [3.8, 4) is 0 Å². The van der Waals surface area contributed by atoms with Gasteiger partial charge in [-0.15, -0.1) is 0 Å². The fourth-order valence-electron chi connectivity index (χ4n) is 4.04. The zero-order chi connectivity index (χ0) is 27.3. The van der Waals surface area contributed by atoms with E-state index in [4.69, 9.17) is 20.9 Å². The maximum atomic E-state index is 13.2. The number of ether oxygens (including phenoxy) is 2. The molecule has 2 aliphatic heterocycles. The zero-order valence-electron chi connectivity index (χ0n) is 21.3. The summed E-state index contributed by atoms with van der Waals surface area (Å²) in [5.41, 5.74) is 6.85. The van der Waals surface area contributed by atoms with Crippen molar-refractivity contribution >= 4 is 27.1 Å². The molecule has 2 aliphatic rings. The quantitative estimate of drug-likeness (QED) is 0.567. The van der Waals surface area contributed by atoms with E-state index in [9.17, 15) is 23.2 Å². The van der Waals surface area contributed by atoms with Crippen LogP contribution >= 0.6 is 9.24 Å². The Kier molecular flexibility index (Phi) is 10.1. The minimum atomic E-state index is -3.14. The van der Waals surface area contributed by atoms with Crippen LogP contribution in [0.25, 0.3) is 0 Å². The van der Waals surface area contributed by atoms with Crippen LogP contribution in [0.4, 0.5) is 13.6 Å². The third-order valence-corrected chi connectivity index (χ3v) is 6.28. The Morgan fingerprint density at radius 2 is 1.81 bits per heavy atom. The van der Waals surface area contributed by atoms with Gasteiger partial charge in [0.15, 0.2) is 0 Å². The van der Waals surface area contributed by atoms with Gasteiger partial charge >= 0.3 is 6.09 Å². The molecule has 0 radical (unpaired) electrons. The molecule has 202 valence electrons. The number of hydrogen-bond acceptors (Lipinski definition) is 6. The Morgan fingerprint density at radius 1 is 1.14 bits per heavy atom. The summed E-state index contributed by atoms with van der Waals surface area (Å²) in [7, 11) is 1.42. The number of alkyl halides is 2. The second-order valence-corrected chi connectivity index (χ2v) is 10.8. The van der Waals surface area contributed by atoms with E-state index in [1.807, 2.05) is 27.7 Å². The summed E-state index contributed by atoms with van der Waals surface area (Å²) in [6.45, 7) is 8.59. The van der Waals surface area contributed by atoms with E-state index in [-0.39, 0.29) is 35.2 Å². The number of primary amides is 2. The van der Waals surface area contributed by atoms with Crippen molar-refractivity contribution in [1.29, 1.82) is 0 Å². The fourth-order valence-corrected chi connectivity index (χ4v) is 4.20. The van der Waals surface area contributed by atoms with Crippen molar-refractivity contribution in [2.45, 2.75) is 83.2 Å². The van der Waals surface area contributed by atoms with Gasteiger partial charge in [0.25, 0.3) is 11.6 Å². The first kappa shape index (κ1) is 29.8. The van der Waals surface area contributed by atoms with Crippen molar-refractivity contribution in [2.75, 3.05) is 13.2 Å². The average molecular weight is 531 g/mol. The number of nitrogens with zero attached hydrogens (tertiary/aromatic N) is 2. The highest BCUT2D eigenvalue weighted by atomic mass is 31.0. The number of halogens is 2. The molecule has 3 heterocycles. The van der Waals surface area contributed by atoms with E-state index < -0.39 is 29.0 Å². The smallest absolute Gasteiger partial charge is 0.410 e. The Hall–Kier alpha value is -2.39. The number of aromatic nitrogens is 1. The predicted molar refractivity (Wildman–Crippen MR) is 133 cm³/mol. The van der Waals surface area contributed by atoms with Crippen LogP contribution in [0.3, 0.4) is 0 Å². The van der Waals surface area contributed by atoms with Crippen LogP contribution in [0.1, 0.15) is 87.6 Å². The molecule has 9 nitrogen and oxygen atoms in total. The van der Waals surface area contributed by atoms with Crippen molar-refractivity contribution < 1.29 is 32.6 Å². The SMILES string of the molecule is CC1CCC(C(N)=O)CCN1C(=O)OC(C)(C)C.NC(=O)c1ccc(C(F)(F)P)nc1C1CCCO1. The van der Waals surface area contributed by atoms with Gasteiger partial charge in [0.05, 0.1) is 11.3 Å². The monoisotopic (exact) mass is 530 g/mol. The van der Waals surface area contributed by atoms with Gasteiger partial charge in [0.1, 0.15) is 17.4 Å². The number of hydrogen-bond donors (Lipinski definition) is 2. The maximum absolute atomic E-state index is 13.2. The molecule has 3 amide bonds. The van der Waals surface area contributed by atoms with E-state index in [2.05, 4.69) is 4.98 Å². The van der Waals surface area contributed by atoms with Crippen LogP contribution in [0, 0.1) is 5.92 Å². The Morgan fingerprint density at radius 3 is 2.31 bits per heavy atom. The Labute approximate surface area is 212 Å². The van der Waals surface area contributed by atoms with Gasteiger partial charge in [0.2, 0.25) is 5.91 Å². The number of carbonyl (C=O) groups is 3. The Balaban J connectivity index is 0.000000254. The molecule has 4 N–H and O–H groups in total. The summed E-state index contributed by atoms with van der Waals surface area (Å²) in [5.74, 6) is -1.08. The minimum absolute atomic E-state index is 0.0872. The fraction of sp³-hybridized carbons (Fsp3) is 0.667. The molecule has 0 spiro atoms. The van der Waals surface area contributed by atoms with E-state index in [0.29, 0.717) is 26.0 Å². The molecule has 0 bridgehead atoms. The second kappa shape index (κ2) is 12.2. The summed E-state index contributed by atoms with van der Waals surface area (Å²) in [5, 5.41) is 0. The molecule has 36 heavy (non-hydrogen) atoms. The third kappa shape index (κ3) is 8.62. The normalized spacial score (nSPS) is 22.8. The summed E-state index contributed by atoms with van der Waals surface area (Å²) < 4.78 is 37.1. The van der Waals surface area contributed by atoms with E-state index in [1.165, 1.54) is 15.3 Å². The molecule has 1 aromatic heterocycles. The minimum Gasteiger partial charge on any atom is -0.444 e. The number of rotatable bonds is 4. The van der Waals surface area contributed by atoms with Crippen LogP contribution in [-0.2, 0) is 19.9 Å². The van der Waals surface area contributed by atoms with Crippen LogP contribution < -0.4 is 11.5 Å². The average Bonchev–Trinajstić information content (AvgIpc) is 3.21. The highest BCUT2D eigenvalue weighted by Crippen LogP contribution is 2.36. The molecule has 3 rings (SSSR count). The van der Waals surface area contributed by atoms with Gasteiger partial charge in [-0.1, -0.05) is 9.24 Å². The van der Waals surface area contributed by atoms with Crippen LogP contribution in [0.5, 0.6) is 0 Å². The molecule has 2 saturated heterocycles. The van der Waals surface area contributed by atoms with Crippen molar-refractivity contribution in [3.05, 3.63) is 29.1 Å². The van der Waals surface area contributed by atoms with E-state index in [1.54, 1.807) is 4.90 Å². The van der Waals surface area contributed by atoms with Gasteiger partial charge in [-0.3, -0.25) is 9.59 Å². The largest absolute Gasteiger partial charge is 0.444 e. The molecule has 1 aromatic rings. The van der Waals surface area contributed by atoms with Gasteiger partial charge in [-0.2, -0.15) is 8.78 Å². The molecule has 0 aliphatic carbocycles. The molecule has 12 heteroatoms. The van der Waals surface area contributed by atoms with E-state index in [0.717, 1.165) is 25.3 Å². The molecule has 0 saturated carbocycles. The van der Waals surface area contributed by atoms with Gasteiger partial charge in [-0.05, 0) is 71.9 Å². The lowest BCUT2D eigenvalue weighted by molar-refractivity contribution is -0.122. The second-order valence-electron chi connectivity index (χ2n) is 10.1. The summed E-state index contributed by atoms with van der Waals surface area (Å²) in [6, 6.07) is 2.47. The summed E-state index contributed by atoms with van der Waals surface area (Å²) >= 11 is 0. The van der Waals surface area contributed by atoms with Crippen LogP contribution in [0.2, 0.25) is 0 Å². The standard InChI is InChI=1S/C13H24N2O3.C11H13F2N2O2P/c1-9-5-6-10(11(14)16)7-8-15(9)12(17)18-13(2,3)4;12-11(13,18)8-4-3-6(10(14)16)9(15-8)7-2-1-5-17-7/h9-10H,5-8H2,1-4H3,(H2,14,16);3-4,7H,1-2,5,18H2,(H2,14,16). The van der Waals surface area contributed by atoms with Crippen molar-refractivity contribution in [2.24, 2.45) is 17.4 Å². The molecular weight excluding hydrogens is 493 g/mol. The third-order valence-electron chi connectivity index (χ3n) is 5.98. The molecule has 2 fully saturated rings. The van der Waals surface area contributed by atoms with Gasteiger partial charge in [0, 0.05) is 25.1 Å². The number of nitrogens with two attached hydrogens (primary N) is 2. The lowest BCUT2D eigenvalue weighted by Gasteiger charge is -2.30. The van der Waals surface area contributed by atoms with Crippen molar-refractivity contribution in [3.63, 3.8) is 0 Å². The Bertz CT molecular complexity index is 945. The number of amides is 3. The summed E-state index contributed by atoms with van der Waals surface area (Å²) in [6.07, 6.45) is 2.88. The lowest BCUT2D eigenvalue weighted by Crippen LogP contribution is -2.42. The molecular formula is C24H37F2N4O5P. The van der Waals surface area contributed by atoms with Crippen LogP contribution in [-0.4, -0.2) is 52.6 Å². The zero-order valence-corrected chi connectivity index (χ0v) is 22.4. The van der Waals surface area contributed by atoms with E-state index >= 15 is 0 Å². The molecule has 0 aromatic carbocycles. The lowest BCUT2D eigenvalue weighted by atomic mass is 9.99. The maximum Gasteiger partial charge on any atom is 0.410 e. The highest BCUT2D eigenvalue weighted by Gasteiger charge is 2.32. The topological polar surface area (TPSA) is 138 Å². The highest BCUT2D eigenvalue weighted by molar-refractivity contribution is 7.17. The molecule has 4 unspecified atom stereocenters.